The lowest BCUT2D eigenvalue weighted by atomic mass is 10.1. The molecule has 0 bridgehead atoms. The summed E-state index contributed by atoms with van der Waals surface area (Å²) in [5.74, 6) is -0.0359. The lowest BCUT2D eigenvalue weighted by Gasteiger charge is -2.17. The summed E-state index contributed by atoms with van der Waals surface area (Å²) in [6, 6.07) is 5.71. The smallest absolute Gasteiger partial charge is 0.338 e. The van der Waals surface area contributed by atoms with E-state index in [1.807, 2.05) is 38.1 Å². The summed E-state index contributed by atoms with van der Waals surface area (Å²) >= 11 is 1.54. The second-order valence-electron chi connectivity index (χ2n) is 3.99. The summed E-state index contributed by atoms with van der Waals surface area (Å²) in [4.78, 5) is 12.2. The standard InChI is InChI=1S/C14H19NO2S/c1-4-7-10(3)15-11-8-6-9-12(18-5-2)13(11)14(16)17/h4,6,8-10,15H,1,5,7H2,2-3H3,(H,16,17). The first-order chi connectivity index (χ1) is 8.60. The Kier molecular flexibility index (Phi) is 5.78. The molecular formula is C14H19NO2S. The maximum absolute atomic E-state index is 11.4. The van der Waals surface area contributed by atoms with Gasteiger partial charge in [-0.15, -0.1) is 18.3 Å². The SMILES string of the molecule is C=CCC(C)Nc1cccc(SCC)c1C(=O)O. The van der Waals surface area contributed by atoms with E-state index >= 15 is 0 Å². The Bertz CT molecular complexity index is 432. The van der Waals surface area contributed by atoms with Gasteiger partial charge in [0.05, 0.1) is 11.3 Å². The van der Waals surface area contributed by atoms with Gasteiger partial charge >= 0.3 is 5.97 Å². The van der Waals surface area contributed by atoms with Crippen LogP contribution in [0.4, 0.5) is 5.69 Å². The lowest BCUT2D eigenvalue weighted by Crippen LogP contribution is -2.17. The van der Waals surface area contributed by atoms with Crippen molar-refractivity contribution in [1.82, 2.24) is 0 Å². The number of carboxylic acid groups (broad SMARTS) is 1. The van der Waals surface area contributed by atoms with Gasteiger partial charge in [-0.1, -0.05) is 19.1 Å². The fourth-order valence-corrected chi connectivity index (χ4v) is 2.55. The van der Waals surface area contributed by atoms with Crippen LogP contribution < -0.4 is 5.32 Å². The molecule has 0 aliphatic carbocycles. The molecule has 18 heavy (non-hydrogen) atoms. The van der Waals surface area contributed by atoms with Gasteiger partial charge in [-0.3, -0.25) is 0 Å². The molecule has 0 aromatic heterocycles. The van der Waals surface area contributed by atoms with Crippen LogP contribution in [0.5, 0.6) is 0 Å². The molecule has 98 valence electrons. The van der Waals surface area contributed by atoms with Gasteiger partial charge in [-0.05, 0) is 31.2 Å². The Morgan fingerprint density at radius 2 is 2.33 bits per heavy atom. The maximum Gasteiger partial charge on any atom is 0.338 e. The van der Waals surface area contributed by atoms with Gasteiger partial charge in [0, 0.05) is 10.9 Å². The molecule has 0 radical (unpaired) electrons. The molecule has 0 aliphatic rings. The van der Waals surface area contributed by atoms with E-state index in [4.69, 9.17) is 0 Å². The van der Waals surface area contributed by atoms with Crippen LogP contribution >= 0.6 is 11.8 Å². The van der Waals surface area contributed by atoms with Crippen LogP contribution in [0.25, 0.3) is 0 Å². The van der Waals surface area contributed by atoms with Crippen molar-refractivity contribution in [3.63, 3.8) is 0 Å². The van der Waals surface area contributed by atoms with Crippen molar-refractivity contribution in [3.8, 4) is 0 Å². The zero-order valence-corrected chi connectivity index (χ0v) is 11.6. The lowest BCUT2D eigenvalue weighted by molar-refractivity contribution is 0.0694. The van der Waals surface area contributed by atoms with Gasteiger partial charge in [0.15, 0.2) is 0 Å². The Hall–Kier alpha value is -1.42. The maximum atomic E-state index is 11.4. The average Bonchev–Trinajstić information content (AvgIpc) is 2.29. The second-order valence-corrected chi connectivity index (χ2v) is 5.29. The highest BCUT2D eigenvalue weighted by Gasteiger charge is 2.16. The first kappa shape index (κ1) is 14.6. The monoisotopic (exact) mass is 265 g/mol. The summed E-state index contributed by atoms with van der Waals surface area (Å²) in [5.41, 5.74) is 1.04. The van der Waals surface area contributed by atoms with Crippen LogP contribution in [0.2, 0.25) is 0 Å². The highest BCUT2D eigenvalue weighted by Crippen LogP contribution is 2.29. The van der Waals surface area contributed by atoms with E-state index in [2.05, 4.69) is 11.9 Å². The topological polar surface area (TPSA) is 49.3 Å². The van der Waals surface area contributed by atoms with Crippen molar-refractivity contribution in [3.05, 3.63) is 36.4 Å². The molecule has 2 N–H and O–H groups in total. The van der Waals surface area contributed by atoms with E-state index in [0.29, 0.717) is 11.3 Å². The van der Waals surface area contributed by atoms with E-state index in [1.165, 1.54) is 0 Å². The quantitative estimate of drug-likeness (QED) is 0.580. The molecule has 1 rings (SSSR count). The fourth-order valence-electron chi connectivity index (χ4n) is 1.72. The molecule has 0 fully saturated rings. The Labute approximate surface area is 112 Å². The Balaban J connectivity index is 3.06. The molecule has 0 saturated heterocycles. The third-order valence-electron chi connectivity index (χ3n) is 2.46. The van der Waals surface area contributed by atoms with Crippen molar-refractivity contribution >= 4 is 23.4 Å². The molecule has 1 aromatic rings. The van der Waals surface area contributed by atoms with Gasteiger partial charge in [-0.2, -0.15) is 0 Å². The van der Waals surface area contributed by atoms with Gasteiger partial charge in [0.1, 0.15) is 0 Å². The van der Waals surface area contributed by atoms with Crippen LogP contribution in [0, 0.1) is 0 Å². The number of carbonyl (C=O) groups is 1. The summed E-state index contributed by atoms with van der Waals surface area (Å²) in [6.07, 6.45) is 2.62. The van der Waals surface area contributed by atoms with Crippen molar-refractivity contribution in [2.24, 2.45) is 0 Å². The van der Waals surface area contributed by atoms with Crippen molar-refractivity contribution < 1.29 is 9.90 Å². The molecule has 0 spiro atoms. The zero-order chi connectivity index (χ0) is 13.5. The molecular weight excluding hydrogens is 246 g/mol. The predicted octanol–water partition coefficient (Wildman–Crippen LogP) is 3.87. The van der Waals surface area contributed by atoms with E-state index < -0.39 is 5.97 Å². The summed E-state index contributed by atoms with van der Waals surface area (Å²) in [5, 5.41) is 12.6. The number of nitrogens with one attached hydrogen (secondary N) is 1. The van der Waals surface area contributed by atoms with Gasteiger partial charge in [0.25, 0.3) is 0 Å². The summed E-state index contributed by atoms with van der Waals surface area (Å²) < 4.78 is 0. The van der Waals surface area contributed by atoms with E-state index in [1.54, 1.807) is 11.8 Å². The molecule has 4 heteroatoms. The van der Waals surface area contributed by atoms with Crippen molar-refractivity contribution in [1.29, 1.82) is 0 Å². The minimum Gasteiger partial charge on any atom is -0.478 e. The third kappa shape index (κ3) is 3.81. The van der Waals surface area contributed by atoms with Crippen molar-refractivity contribution in [2.45, 2.75) is 31.2 Å². The molecule has 3 nitrogen and oxygen atoms in total. The number of carboxylic acids is 1. The average molecular weight is 265 g/mol. The number of rotatable bonds is 7. The number of benzene rings is 1. The van der Waals surface area contributed by atoms with Gasteiger partial charge < -0.3 is 10.4 Å². The molecule has 0 amide bonds. The fraction of sp³-hybridized carbons (Fsp3) is 0.357. The van der Waals surface area contributed by atoms with E-state index in [9.17, 15) is 9.90 Å². The minimum absolute atomic E-state index is 0.169. The molecule has 0 aliphatic heterocycles. The number of hydrogen-bond acceptors (Lipinski definition) is 3. The zero-order valence-electron chi connectivity index (χ0n) is 10.8. The van der Waals surface area contributed by atoms with E-state index in [0.717, 1.165) is 17.1 Å². The third-order valence-corrected chi connectivity index (χ3v) is 3.40. The molecule has 0 heterocycles. The summed E-state index contributed by atoms with van der Waals surface area (Å²) in [6.45, 7) is 7.70. The van der Waals surface area contributed by atoms with E-state index in [-0.39, 0.29) is 6.04 Å². The number of thioether (sulfide) groups is 1. The minimum atomic E-state index is -0.889. The first-order valence-corrected chi connectivity index (χ1v) is 6.95. The first-order valence-electron chi connectivity index (χ1n) is 5.96. The number of anilines is 1. The largest absolute Gasteiger partial charge is 0.478 e. The second kappa shape index (κ2) is 7.11. The number of hydrogen-bond donors (Lipinski definition) is 2. The Morgan fingerprint density at radius 3 is 2.89 bits per heavy atom. The van der Waals surface area contributed by atoms with Crippen LogP contribution in [0.1, 0.15) is 30.6 Å². The summed E-state index contributed by atoms with van der Waals surface area (Å²) in [7, 11) is 0. The highest BCUT2D eigenvalue weighted by molar-refractivity contribution is 7.99. The molecule has 1 unspecified atom stereocenters. The highest BCUT2D eigenvalue weighted by atomic mass is 32.2. The number of aromatic carboxylic acids is 1. The molecule has 1 aromatic carbocycles. The molecule has 0 saturated carbocycles. The van der Waals surface area contributed by atoms with Crippen LogP contribution in [0.3, 0.4) is 0 Å². The normalized spacial score (nSPS) is 11.9. The van der Waals surface area contributed by atoms with Crippen molar-refractivity contribution in [2.75, 3.05) is 11.1 Å². The van der Waals surface area contributed by atoms with Gasteiger partial charge in [0.2, 0.25) is 0 Å². The van der Waals surface area contributed by atoms with Crippen LogP contribution in [-0.4, -0.2) is 22.9 Å². The van der Waals surface area contributed by atoms with Crippen LogP contribution in [-0.2, 0) is 0 Å². The molecule has 1 atom stereocenters. The van der Waals surface area contributed by atoms with Crippen LogP contribution in [0.15, 0.2) is 35.7 Å². The Morgan fingerprint density at radius 1 is 1.61 bits per heavy atom. The predicted molar refractivity (Wildman–Crippen MR) is 77.7 cm³/mol. The van der Waals surface area contributed by atoms with Gasteiger partial charge in [-0.25, -0.2) is 4.79 Å².